The van der Waals surface area contributed by atoms with Crippen LogP contribution in [0.2, 0.25) is 0 Å². The maximum atomic E-state index is 12.5. The Morgan fingerprint density at radius 1 is 1.23 bits per heavy atom. The van der Waals surface area contributed by atoms with E-state index in [4.69, 9.17) is 4.74 Å². The van der Waals surface area contributed by atoms with Crippen molar-refractivity contribution >= 4 is 61.5 Å². The minimum atomic E-state index is -0.403. The van der Waals surface area contributed by atoms with Crippen LogP contribution in [0, 0.1) is 0 Å². The van der Waals surface area contributed by atoms with E-state index in [1.54, 1.807) is 24.1 Å². The van der Waals surface area contributed by atoms with Gasteiger partial charge in [-0.25, -0.2) is 4.79 Å². The fraction of sp³-hybridized carbons (Fsp3) is 0.312. The molecule has 2 N–H and O–H groups in total. The summed E-state index contributed by atoms with van der Waals surface area (Å²) in [5.41, 5.74) is 1.35. The Kier molecular flexibility index (Phi) is 5.64. The van der Waals surface area contributed by atoms with Crippen LogP contribution in [0.3, 0.4) is 0 Å². The molecule has 0 aromatic carbocycles. The minimum Gasteiger partial charge on any atom is -0.453 e. The van der Waals surface area contributed by atoms with Gasteiger partial charge in [-0.2, -0.15) is 0 Å². The van der Waals surface area contributed by atoms with Crippen LogP contribution in [-0.4, -0.2) is 43.5 Å². The van der Waals surface area contributed by atoms with Gasteiger partial charge in [-0.3, -0.25) is 9.59 Å². The number of thiophene rings is 2. The van der Waals surface area contributed by atoms with E-state index in [0.717, 1.165) is 14.2 Å². The number of anilines is 1. The Labute approximate surface area is 166 Å². The van der Waals surface area contributed by atoms with Crippen LogP contribution in [0.25, 0.3) is 0 Å². The summed E-state index contributed by atoms with van der Waals surface area (Å²) < 4.78 is 5.63. The van der Waals surface area contributed by atoms with Gasteiger partial charge < -0.3 is 20.3 Å². The molecule has 0 saturated carbocycles. The molecule has 7 nitrogen and oxygen atoms in total. The highest BCUT2D eigenvalue weighted by atomic mass is 79.9. The predicted octanol–water partition coefficient (Wildman–Crippen LogP) is 3.31. The summed E-state index contributed by atoms with van der Waals surface area (Å²) in [6.07, 6.45) is 0.129. The average Bonchev–Trinajstić information content (AvgIpc) is 3.22. The number of fused-ring (bicyclic) bond motifs is 1. The third kappa shape index (κ3) is 3.62. The number of rotatable bonds is 3. The normalized spacial score (nSPS) is 13.1. The second kappa shape index (κ2) is 7.77. The molecule has 0 fully saturated rings. The van der Waals surface area contributed by atoms with Crippen molar-refractivity contribution in [2.45, 2.75) is 13.0 Å². The fourth-order valence-electron chi connectivity index (χ4n) is 2.74. The molecule has 0 radical (unpaired) electrons. The van der Waals surface area contributed by atoms with Gasteiger partial charge in [-0.1, -0.05) is 0 Å². The van der Waals surface area contributed by atoms with E-state index >= 15 is 0 Å². The van der Waals surface area contributed by atoms with Crippen LogP contribution < -0.4 is 10.6 Å². The van der Waals surface area contributed by atoms with Crippen LogP contribution in [0.4, 0.5) is 9.80 Å². The van der Waals surface area contributed by atoms with Crippen LogP contribution in [0.5, 0.6) is 0 Å². The van der Waals surface area contributed by atoms with Gasteiger partial charge in [0.05, 0.1) is 27.9 Å². The molecule has 1 aliphatic heterocycles. The molecule has 2 aromatic rings. The Balaban J connectivity index is 1.92. The van der Waals surface area contributed by atoms with Gasteiger partial charge in [0.25, 0.3) is 11.8 Å². The molecule has 0 spiro atoms. The lowest BCUT2D eigenvalue weighted by Gasteiger charge is -2.25. The predicted molar refractivity (Wildman–Crippen MR) is 104 cm³/mol. The Morgan fingerprint density at radius 3 is 2.62 bits per heavy atom. The monoisotopic (exact) mass is 457 g/mol. The van der Waals surface area contributed by atoms with Gasteiger partial charge in [0.15, 0.2) is 0 Å². The number of methoxy groups -OCH3 is 1. The number of amides is 3. The smallest absolute Gasteiger partial charge is 0.409 e. The molecule has 3 heterocycles. The van der Waals surface area contributed by atoms with Crippen molar-refractivity contribution < 1.29 is 19.1 Å². The molecular weight excluding hydrogens is 442 g/mol. The van der Waals surface area contributed by atoms with Crippen LogP contribution in [0.15, 0.2) is 15.9 Å². The number of hydrogen-bond acceptors (Lipinski definition) is 6. The number of carbonyl (C=O) groups is 3. The van der Waals surface area contributed by atoms with Crippen molar-refractivity contribution in [3.05, 3.63) is 36.8 Å². The van der Waals surface area contributed by atoms with E-state index in [1.807, 2.05) is 0 Å². The molecule has 10 heteroatoms. The molecule has 2 aromatic heterocycles. The first-order chi connectivity index (χ1) is 12.4. The topological polar surface area (TPSA) is 87.7 Å². The highest BCUT2D eigenvalue weighted by Gasteiger charge is 2.30. The van der Waals surface area contributed by atoms with Crippen LogP contribution in [0.1, 0.15) is 30.5 Å². The van der Waals surface area contributed by atoms with Crippen molar-refractivity contribution in [3.8, 4) is 0 Å². The highest BCUT2D eigenvalue weighted by Crippen LogP contribution is 2.38. The Bertz CT molecular complexity index is 877. The standard InChI is InChI=1S/C16H16BrN3O4S2/c1-18-14(22)12-8-5-6-20(16(23)24-2)7-10(8)26-15(12)19-13(21)9-3-4-11(17)25-9/h3-4H,5-7H2,1-2H3,(H,18,22)(H,19,21). The van der Waals surface area contributed by atoms with E-state index in [0.29, 0.717) is 35.0 Å². The third-order valence-electron chi connectivity index (χ3n) is 3.97. The summed E-state index contributed by atoms with van der Waals surface area (Å²) in [6.45, 7) is 0.822. The number of hydrogen-bond donors (Lipinski definition) is 2. The lowest BCUT2D eigenvalue weighted by molar-refractivity contribution is 0.0962. The second-order valence-electron chi connectivity index (χ2n) is 5.49. The summed E-state index contributed by atoms with van der Waals surface area (Å²) in [5.74, 6) is -0.522. The van der Waals surface area contributed by atoms with Gasteiger partial charge in [-0.05, 0) is 40.0 Å². The van der Waals surface area contributed by atoms with Crippen LogP contribution >= 0.6 is 38.6 Å². The molecule has 0 unspecified atom stereocenters. The van der Waals surface area contributed by atoms with Gasteiger partial charge in [0, 0.05) is 18.5 Å². The SMILES string of the molecule is CNC(=O)c1c(NC(=O)c2ccc(Br)s2)sc2c1CCN(C(=O)OC)C2. The van der Waals surface area contributed by atoms with Crippen molar-refractivity contribution in [3.63, 3.8) is 0 Å². The van der Waals surface area contributed by atoms with Crippen molar-refractivity contribution in [2.24, 2.45) is 0 Å². The van der Waals surface area contributed by atoms with Crippen molar-refractivity contribution in [2.75, 3.05) is 26.0 Å². The van der Waals surface area contributed by atoms with Gasteiger partial charge in [0.1, 0.15) is 5.00 Å². The maximum absolute atomic E-state index is 12.5. The first-order valence-corrected chi connectivity index (χ1v) is 10.1. The lowest BCUT2D eigenvalue weighted by Crippen LogP contribution is -2.35. The zero-order chi connectivity index (χ0) is 18.8. The van der Waals surface area contributed by atoms with Crippen molar-refractivity contribution in [1.82, 2.24) is 10.2 Å². The van der Waals surface area contributed by atoms with E-state index < -0.39 is 6.09 Å². The molecular formula is C16H16BrN3O4S2. The van der Waals surface area contributed by atoms with Gasteiger partial charge >= 0.3 is 6.09 Å². The van der Waals surface area contributed by atoms with E-state index in [9.17, 15) is 14.4 Å². The third-order valence-corrected chi connectivity index (χ3v) is 6.72. The van der Waals surface area contributed by atoms with E-state index in [1.165, 1.54) is 29.8 Å². The average molecular weight is 458 g/mol. The summed E-state index contributed by atoms with van der Waals surface area (Å²) in [7, 11) is 2.89. The molecule has 0 saturated heterocycles. The summed E-state index contributed by atoms with van der Waals surface area (Å²) in [5, 5.41) is 5.97. The van der Waals surface area contributed by atoms with Gasteiger partial charge in [-0.15, -0.1) is 22.7 Å². The Hall–Kier alpha value is -1.91. The fourth-order valence-corrected chi connectivity index (χ4v) is 5.28. The first kappa shape index (κ1) is 18.9. The molecule has 1 aliphatic rings. The molecule has 0 aliphatic carbocycles. The molecule has 0 bridgehead atoms. The number of ether oxygens (including phenoxy) is 1. The molecule has 26 heavy (non-hydrogen) atoms. The first-order valence-electron chi connectivity index (χ1n) is 7.70. The minimum absolute atomic E-state index is 0.253. The van der Waals surface area contributed by atoms with Gasteiger partial charge in [0.2, 0.25) is 0 Å². The second-order valence-corrected chi connectivity index (χ2v) is 9.05. The number of carbonyl (C=O) groups excluding carboxylic acids is 3. The highest BCUT2D eigenvalue weighted by molar-refractivity contribution is 9.11. The van der Waals surface area contributed by atoms with Crippen LogP contribution in [-0.2, 0) is 17.7 Å². The number of nitrogens with one attached hydrogen (secondary N) is 2. The Morgan fingerprint density at radius 2 is 2.00 bits per heavy atom. The molecule has 138 valence electrons. The summed E-state index contributed by atoms with van der Waals surface area (Å²) in [6, 6.07) is 3.52. The molecule has 3 rings (SSSR count). The maximum Gasteiger partial charge on any atom is 0.409 e. The van der Waals surface area contributed by atoms with Crippen molar-refractivity contribution in [1.29, 1.82) is 0 Å². The largest absolute Gasteiger partial charge is 0.453 e. The number of halogens is 1. The zero-order valence-corrected chi connectivity index (χ0v) is 17.3. The summed E-state index contributed by atoms with van der Waals surface area (Å²) in [4.78, 5) is 39.7. The number of nitrogens with zero attached hydrogens (tertiary/aromatic N) is 1. The molecule has 0 atom stereocenters. The lowest BCUT2D eigenvalue weighted by atomic mass is 10.0. The molecule has 3 amide bonds. The zero-order valence-electron chi connectivity index (χ0n) is 14.1. The summed E-state index contributed by atoms with van der Waals surface area (Å²) >= 11 is 5.97. The van der Waals surface area contributed by atoms with E-state index in [-0.39, 0.29) is 11.8 Å². The van der Waals surface area contributed by atoms with E-state index in [2.05, 4.69) is 26.6 Å². The quantitative estimate of drug-likeness (QED) is 0.739.